The van der Waals surface area contributed by atoms with Crippen LogP contribution < -0.4 is 10.6 Å². The highest BCUT2D eigenvalue weighted by atomic mass is 16.4. The number of hydrogen-bond donors (Lipinski definition) is 3. The van der Waals surface area contributed by atoms with Gasteiger partial charge in [0.25, 0.3) is 0 Å². The lowest BCUT2D eigenvalue weighted by atomic mass is 10.3. The second-order valence-corrected chi connectivity index (χ2v) is 3.06. The van der Waals surface area contributed by atoms with Gasteiger partial charge >= 0.3 is 12.0 Å². The fourth-order valence-corrected chi connectivity index (χ4v) is 0.735. The number of carbonyl (C=O) groups is 2. The molecule has 0 unspecified atom stereocenters. The molecular formula is C9H16N2O3. The number of hydrogen-bond acceptors (Lipinski definition) is 2. The Balaban J connectivity index is 3.36. The standard InChI is InChI=1S/C9H16N2O3/c1-7(2)6-11-9(14)10-5-3-4-8(12)13/h1,3-6H2,2H3,(H,12,13)(H2,10,11,14). The summed E-state index contributed by atoms with van der Waals surface area (Å²) in [6.45, 7) is 6.24. The summed E-state index contributed by atoms with van der Waals surface area (Å²) in [5.41, 5.74) is 0.866. The van der Waals surface area contributed by atoms with Crippen LogP contribution in [0.3, 0.4) is 0 Å². The summed E-state index contributed by atoms with van der Waals surface area (Å²) in [6.07, 6.45) is 0.511. The molecule has 0 rings (SSSR count). The summed E-state index contributed by atoms with van der Waals surface area (Å²) in [5.74, 6) is -0.853. The van der Waals surface area contributed by atoms with E-state index >= 15 is 0 Å². The van der Waals surface area contributed by atoms with Crippen molar-refractivity contribution in [3.8, 4) is 0 Å². The molecule has 3 N–H and O–H groups in total. The fraction of sp³-hybridized carbons (Fsp3) is 0.556. The smallest absolute Gasteiger partial charge is 0.315 e. The molecule has 0 spiro atoms. The lowest BCUT2D eigenvalue weighted by molar-refractivity contribution is -0.137. The SMILES string of the molecule is C=C(C)CNC(=O)NCCCC(=O)O. The van der Waals surface area contributed by atoms with Gasteiger partial charge in [-0.05, 0) is 13.3 Å². The van der Waals surface area contributed by atoms with Crippen LogP contribution in [0.5, 0.6) is 0 Å². The Morgan fingerprint density at radius 2 is 2.00 bits per heavy atom. The maximum atomic E-state index is 11.0. The summed E-state index contributed by atoms with van der Waals surface area (Å²) in [6, 6.07) is -0.293. The molecule has 80 valence electrons. The fourth-order valence-electron chi connectivity index (χ4n) is 0.735. The maximum absolute atomic E-state index is 11.0. The molecule has 0 atom stereocenters. The average Bonchev–Trinajstić information content (AvgIpc) is 2.08. The molecule has 2 amide bonds. The number of urea groups is 1. The molecule has 5 heteroatoms. The van der Waals surface area contributed by atoms with E-state index in [1.165, 1.54) is 0 Å². The number of aliphatic carboxylic acids is 1. The van der Waals surface area contributed by atoms with E-state index in [4.69, 9.17) is 5.11 Å². The van der Waals surface area contributed by atoms with E-state index in [1.54, 1.807) is 0 Å². The molecule has 0 aliphatic heterocycles. The second kappa shape index (κ2) is 6.94. The number of carboxylic acid groups (broad SMARTS) is 1. The molecule has 14 heavy (non-hydrogen) atoms. The largest absolute Gasteiger partial charge is 0.481 e. The van der Waals surface area contributed by atoms with E-state index in [0.717, 1.165) is 5.57 Å². The van der Waals surface area contributed by atoms with E-state index in [0.29, 0.717) is 19.5 Å². The van der Waals surface area contributed by atoms with Crippen LogP contribution in [0, 0.1) is 0 Å². The van der Waals surface area contributed by atoms with Crippen molar-refractivity contribution in [2.75, 3.05) is 13.1 Å². The van der Waals surface area contributed by atoms with Crippen LogP contribution in [0.2, 0.25) is 0 Å². The van der Waals surface area contributed by atoms with Crippen LogP contribution >= 0.6 is 0 Å². The molecule has 0 aliphatic carbocycles. The van der Waals surface area contributed by atoms with E-state index in [9.17, 15) is 9.59 Å². The van der Waals surface area contributed by atoms with Gasteiger partial charge in [0.15, 0.2) is 0 Å². The lowest BCUT2D eigenvalue weighted by Gasteiger charge is -2.06. The Bertz CT molecular complexity index is 226. The summed E-state index contributed by atoms with van der Waals surface area (Å²) in [4.78, 5) is 21.1. The zero-order valence-electron chi connectivity index (χ0n) is 8.30. The van der Waals surface area contributed by atoms with Gasteiger partial charge in [0.05, 0.1) is 0 Å². The number of nitrogens with one attached hydrogen (secondary N) is 2. The Morgan fingerprint density at radius 3 is 2.50 bits per heavy atom. The van der Waals surface area contributed by atoms with E-state index in [1.807, 2.05) is 6.92 Å². The Labute approximate surface area is 83.2 Å². The van der Waals surface area contributed by atoms with Gasteiger partial charge in [-0.25, -0.2) is 4.79 Å². The molecule has 0 fully saturated rings. The summed E-state index contributed by atoms with van der Waals surface area (Å²) in [5, 5.41) is 13.4. The third kappa shape index (κ3) is 8.58. The Morgan fingerprint density at radius 1 is 1.36 bits per heavy atom. The first-order valence-electron chi connectivity index (χ1n) is 4.40. The molecule has 0 saturated carbocycles. The van der Waals surface area contributed by atoms with Crippen LogP contribution in [0.15, 0.2) is 12.2 Å². The first kappa shape index (κ1) is 12.5. The highest BCUT2D eigenvalue weighted by molar-refractivity contribution is 5.74. The molecule has 0 aromatic carbocycles. The summed E-state index contributed by atoms with van der Waals surface area (Å²) < 4.78 is 0. The zero-order valence-corrected chi connectivity index (χ0v) is 8.30. The minimum absolute atomic E-state index is 0.0702. The molecule has 0 saturated heterocycles. The van der Waals surface area contributed by atoms with Crippen LogP contribution in [0.4, 0.5) is 4.79 Å². The normalized spacial score (nSPS) is 9.21. The minimum atomic E-state index is -0.853. The molecule has 5 nitrogen and oxygen atoms in total. The van der Waals surface area contributed by atoms with Gasteiger partial charge in [-0.15, -0.1) is 0 Å². The molecule has 0 bridgehead atoms. The quantitative estimate of drug-likeness (QED) is 0.437. The van der Waals surface area contributed by atoms with Crippen LogP contribution in [0.1, 0.15) is 19.8 Å². The summed E-state index contributed by atoms with van der Waals surface area (Å²) in [7, 11) is 0. The second-order valence-electron chi connectivity index (χ2n) is 3.06. The number of amides is 2. The predicted molar refractivity (Wildman–Crippen MR) is 53.1 cm³/mol. The van der Waals surface area contributed by atoms with Gasteiger partial charge in [0.2, 0.25) is 0 Å². The highest BCUT2D eigenvalue weighted by Crippen LogP contribution is 1.86. The Hall–Kier alpha value is -1.52. The third-order valence-electron chi connectivity index (χ3n) is 1.40. The van der Waals surface area contributed by atoms with Crippen molar-refractivity contribution in [2.45, 2.75) is 19.8 Å². The van der Waals surface area contributed by atoms with Crippen molar-refractivity contribution in [1.82, 2.24) is 10.6 Å². The lowest BCUT2D eigenvalue weighted by Crippen LogP contribution is -2.36. The van der Waals surface area contributed by atoms with E-state index in [2.05, 4.69) is 17.2 Å². The topological polar surface area (TPSA) is 78.4 Å². The van der Waals surface area contributed by atoms with Gasteiger partial charge in [-0.1, -0.05) is 12.2 Å². The van der Waals surface area contributed by atoms with Crippen molar-refractivity contribution in [1.29, 1.82) is 0 Å². The van der Waals surface area contributed by atoms with Crippen molar-refractivity contribution in [2.24, 2.45) is 0 Å². The average molecular weight is 200 g/mol. The number of rotatable bonds is 6. The van der Waals surface area contributed by atoms with E-state index < -0.39 is 5.97 Å². The number of carboxylic acids is 1. The molecular weight excluding hydrogens is 184 g/mol. The molecule has 0 aliphatic rings. The van der Waals surface area contributed by atoms with E-state index in [-0.39, 0.29) is 12.5 Å². The van der Waals surface area contributed by atoms with Crippen molar-refractivity contribution < 1.29 is 14.7 Å². The van der Waals surface area contributed by atoms with Crippen molar-refractivity contribution >= 4 is 12.0 Å². The molecule has 0 radical (unpaired) electrons. The molecule has 0 aromatic heterocycles. The van der Waals surface area contributed by atoms with Gasteiger partial charge in [-0.3, -0.25) is 4.79 Å². The number of carbonyl (C=O) groups excluding carboxylic acids is 1. The van der Waals surface area contributed by atoms with Gasteiger partial charge in [-0.2, -0.15) is 0 Å². The van der Waals surface area contributed by atoms with Gasteiger partial charge in [0.1, 0.15) is 0 Å². The van der Waals surface area contributed by atoms with Crippen molar-refractivity contribution in [3.05, 3.63) is 12.2 Å². The Kier molecular flexibility index (Phi) is 6.19. The summed E-state index contributed by atoms with van der Waals surface area (Å²) >= 11 is 0. The zero-order chi connectivity index (χ0) is 11.0. The minimum Gasteiger partial charge on any atom is -0.481 e. The third-order valence-corrected chi connectivity index (χ3v) is 1.40. The molecule has 0 aromatic rings. The van der Waals surface area contributed by atoms with Crippen molar-refractivity contribution in [3.63, 3.8) is 0 Å². The van der Waals surface area contributed by atoms with Crippen LogP contribution in [-0.2, 0) is 4.79 Å². The maximum Gasteiger partial charge on any atom is 0.315 e. The first-order chi connectivity index (χ1) is 6.52. The van der Waals surface area contributed by atoms with Crippen LogP contribution in [-0.4, -0.2) is 30.2 Å². The molecule has 0 heterocycles. The van der Waals surface area contributed by atoms with Gasteiger partial charge < -0.3 is 15.7 Å². The first-order valence-corrected chi connectivity index (χ1v) is 4.40. The van der Waals surface area contributed by atoms with Gasteiger partial charge in [0, 0.05) is 19.5 Å². The monoisotopic (exact) mass is 200 g/mol. The predicted octanol–water partition coefficient (Wildman–Crippen LogP) is 0.726. The van der Waals surface area contributed by atoms with Crippen LogP contribution in [0.25, 0.3) is 0 Å². The highest BCUT2D eigenvalue weighted by Gasteiger charge is 2.00.